The molecular formula is C17H25BrN2O2S. The maximum Gasteiger partial charge on any atom is 0.287 e. The highest BCUT2D eigenvalue weighted by Gasteiger charge is 2.15. The average molecular weight is 401 g/mol. The lowest BCUT2D eigenvalue weighted by Crippen LogP contribution is -2.24. The lowest BCUT2D eigenvalue weighted by atomic mass is 10.2. The molecule has 0 aliphatic rings. The van der Waals surface area contributed by atoms with E-state index in [1.807, 2.05) is 24.3 Å². The second kappa shape index (κ2) is 10.0. The smallest absolute Gasteiger partial charge is 0.287 e. The zero-order chi connectivity index (χ0) is 17.4. The van der Waals surface area contributed by atoms with Gasteiger partial charge in [-0.1, -0.05) is 32.9 Å². The standard InChI is InChI=1S/C11H10BrNO2S.C6H15N/c1-13(15-2)11(14)9-6-7-4-3-5-8(12)10(7)16-9;1-4-7(5-2)6-3/h3-6H,1-2H3;4-6H2,1-3H3. The summed E-state index contributed by atoms with van der Waals surface area (Å²) in [5, 5.41) is 2.28. The Kier molecular flexibility index (Phi) is 8.76. The van der Waals surface area contributed by atoms with Gasteiger partial charge in [-0.3, -0.25) is 9.63 Å². The van der Waals surface area contributed by atoms with Gasteiger partial charge in [-0.05, 0) is 53.1 Å². The Balaban J connectivity index is 0.000000322. The van der Waals surface area contributed by atoms with E-state index in [0.29, 0.717) is 4.88 Å². The molecule has 0 aliphatic carbocycles. The first-order valence-corrected chi connectivity index (χ1v) is 9.31. The van der Waals surface area contributed by atoms with Gasteiger partial charge in [0.1, 0.15) is 0 Å². The van der Waals surface area contributed by atoms with Crippen LogP contribution >= 0.6 is 27.3 Å². The number of carbonyl (C=O) groups is 1. The second-order valence-corrected chi connectivity index (χ2v) is 6.78. The molecule has 0 radical (unpaired) electrons. The second-order valence-electron chi connectivity index (χ2n) is 4.87. The quantitative estimate of drug-likeness (QED) is 0.684. The Morgan fingerprint density at radius 1 is 1.22 bits per heavy atom. The van der Waals surface area contributed by atoms with Gasteiger partial charge in [-0.25, -0.2) is 5.06 Å². The molecule has 1 heterocycles. The number of amides is 1. The third-order valence-electron chi connectivity index (χ3n) is 3.61. The Labute approximate surface area is 151 Å². The van der Waals surface area contributed by atoms with E-state index in [1.54, 1.807) is 7.05 Å². The molecule has 2 aromatic rings. The molecule has 23 heavy (non-hydrogen) atoms. The number of thiophene rings is 1. The molecule has 0 atom stereocenters. The maximum absolute atomic E-state index is 11.9. The van der Waals surface area contributed by atoms with Crippen LogP contribution in [0.25, 0.3) is 10.1 Å². The molecule has 4 nitrogen and oxygen atoms in total. The predicted molar refractivity (Wildman–Crippen MR) is 102 cm³/mol. The Hall–Kier alpha value is -0.950. The third-order valence-corrected chi connectivity index (χ3v) is 5.70. The lowest BCUT2D eigenvalue weighted by molar-refractivity contribution is -0.0753. The van der Waals surface area contributed by atoms with Crippen molar-refractivity contribution in [3.05, 3.63) is 33.6 Å². The van der Waals surface area contributed by atoms with E-state index >= 15 is 0 Å². The summed E-state index contributed by atoms with van der Waals surface area (Å²) in [5.41, 5.74) is 0. The van der Waals surface area contributed by atoms with Gasteiger partial charge < -0.3 is 4.90 Å². The maximum atomic E-state index is 11.9. The van der Waals surface area contributed by atoms with Gasteiger partial charge in [0.25, 0.3) is 5.91 Å². The third kappa shape index (κ3) is 5.57. The van der Waals surface area contributed by atoms with Crippen LogP contribution in [0.15, 0.2) is 28.7 Å². The number of hydroxylamine groups is 2. The minimum atomic E-state index is -0.129. The number of rotatable bonds is 5. The lowest BCUT2D eigenvalue weighted by Gasteiger charge is -2.13. The molecule has 0 spiro atoms. The molecule has 0 bridgehead atoms. The summed E-state index contributed by atoms with van der Waals surface area (Å²) in [6, 6.07) is 7.78. The van der Waals surface area contributed by atoms with E-state index in [9.17, 15) is 4.79 Å². The van der Waals surface area contributed by atoms with Crippen molar-refractivity contribution in [2.75, 3.05) is 33.8 Å². The largest absolute Gasteiger partial charge is 0.304 e. The number of nitrogens with zero attached hydrogens (tertiary/aromatic N) is 2. The molecule has 6 heteroatoms. The highest BCUT2D eigenvalue weighted by atomic mass is 79.9. The first-order valence-electron chi connectivity index (χ1n) is 7.70. The van der Waals surface area contributed by atoms with Gasteiger partial charge in [0.05, 0.1) is 12.0 Å². The van der Waals surface area contributed by atoms with Gasteiger partial charge >= 0.3 is 0 Å². The van der Waals surface area contributed by atoms with Crippen LogP contribution in [0.1, 0.15) is 30.4 Å². The molecule has 1 amide bonds. The number of halogens is 1. The summed E-state index contributed by atoms with van der Waals surface area (Å²) in [6.07, 6.45) is 0. The van der Waals surface area contributed by atoms with E-state index in [4.69, 9.17) is 4.84 Å². The summed E-state index contributed by atoms with van der Waals surface area (Å²) < 4.78 is 2.09. The van der Waals surface area contributed by atoms with Crippen molar-refractivity contribution < 1.29 is 9.63 Å². The van der Waals surface area contributed by atoms with Gasteiger partial charge in [-0.2, -0.15) is 0 Å². The van der Waals surface area contributed by atoms with Crippen LogP contribution in [0, 0.1) is 0 Å². The summed E-state index contributed by atoms with van der Waals surface area (Å²) in [7, 11) is 3.07. The summed E-state index contributed by atoms with van der Waals surface area (Å²) >= 11 is 4.93. The van der Waals surface area contributed by atoms with Gasteiger partial charge in [0.15, 0.2) is 0 Å². The Morgan fingerprint density at radius 3 is 2.26 bits per heavy atom. The van der Waals surface area contributed by atoms with Crippen LogP contribution in [0.2, 0.25) is 0 Å². The average Bonchev–Trinajstić information content (AvgIpc) is 3.01. The fraction of sp³-hybridized carbons (Fsp3) is 0.471. The summed E-state index contributed by atoms with van der Waals surface area (Å²) in [4.78, 5) is 19.8. The predicted octanol–water partition coefficient (Wildman–Crippen LogP) is 4.65. The number of benzene rings is 1. The molecular weight excluding hydrogens is 376 g/mol. The molecule has 1 aromatic carbocycles. The molecule has 0 unspecified atom stereocenters. The molecule has 0 saturated heterocycles. The van der Waals surface area contributed by atoms with Crippen LogP contribution in [0.3, 0.4) is 0 Å². The van der Waals surface area contributed by atoms with Crippen molar-refractivity contribution in [3.8, 4) is 0 Å². The number of carbonyl (C=O) groups excluding carboxylic acids is 1. The van der Waals surface area contributed by atoms with E-state index in [2.05, 4.69) is 41.6 Å². The first kappa shape index (κ1) is 20.1. The molecule has 0 aliphatic heterocycles. The van der Waals surface area contributed by atoms with Crippen molar-refractivity contribution >= 4 is 43.3 Å². The number of hydrogen-bond donors (Lipinski definition) is 0. The molecule has 0 saturated carbocycles. The van der Waals surface area contributed by atoms with Crippen LogP contribution in [-0.2, 0) is 4.84 Å². The summed E-state index contributed by atoms with van der Waals surface area (Å²) in [6.45, 7) is 10.1. The van der Waals surface area contributed by atoms with Gasteiger partial charge in [0.2, 0.25) is 0 Å². The van der Waals surface area contributed by atoms with Crippen LogP contribution in [-0.4, -0.2) is 49.7 Å². The highest BCUT2D eigenvalue weighted by Crippen LogP contribution is 2.32. The van der Waals surface area contributed by atoms with E-state index in [-0.39, 0.29) is 5.91 Å². The highest BCUT2D eigenvalue weighted by molar-refractivity contribution is 9.10. The summed E-state index contributed by atoms with van der Waals surface area (Å²) in [5.74, 6) is -0.129. The molecule has 128 valence electrons. The van der Waals surface area contributed by atoms with Crippen molar-refractivity contribution in [3.63, 3.8) is 0 Å². The Morgan fingerprint density at radius 2 is 1.83 bits per heavy atom. The minimum absolute atomic E-state index is 0.129. The van der Waals surface area contributed by atoms with Crippen molar-refractivity contribution in [2.45, 2.75) is 20.8 Å². The van der Waals surface area contributed by atoms with Crippen molar-refractivity contribution in [2.24, 2.45) is 0 Å². The minimum Gasteiger partial charge on any atom is -0.304 e. The zero-order valence-corrected chi connectivity index (χ0v) is 16.8. The normalized spacial score (nSPS) is 10.6. The van der Waals surface area contributed by atoms with Gasteiger partial charge in [-0.15, -0.1) is 11.3 Å². The topological polar surface area (TPSA) is 32.8 Å². The SMILES string of the molecule is CCN(CC)CC.CON(C)C(=O)c1cc2cccc(Br)c2s1. The molecule has 0 N–H and O–H groups in total. The Bertz CT molecular complexity index is 621. The number of hydrogen-bond acceptors (Lipinski definition) is 4. The van der Waals surface area contributed by atoms with Gasteiger partial charge in [0, 0.05) is 16.2 Å². The fourth-order valence-corrected chi connectivity index (χ4v) is 3.70. The van der Waals surface area contributed by atoms with Crippen LogP contribution in [0.4, 0.5) is 0 Å². The van der Waals surface area contributed by atoms with Crippen molar-refractivity contribution in [1.29, 1.82) is 0 Å². The van der Waals surface area contributed by atoms with Crippen LogP contribution < -0.4 is 0 Å². The monoisotopic (exact) mass is 400 g/mol. The van der Waals surface area contributed by atoms with E-state index < -0.39 is 0 Å². The van der Waals surface area contributed by atoms with Crippen molar-refractivity contribution in [1.82, 2.24) is 9.96 Å². The number of fused-ring (bicyclic) bond motifs is 1. The van der Waals surface area contributed by atoms with Crippen LogP contribution in [0.5, 0.6) is 0 Å². The van der Waals surface area contributed by atoms with E-state index in [1.165, 1.54) is 43.1 Å². The molecule has 0 fully saturated rings. The molecule has 1 aromatic heterocycles. The fourth-order valence-electron chi connectivity index (χ4n) is 2.04. The molecule has 2 rings (SSSR count). The van der Waals surface area contributed by atoms with E-state index in [0.717, 1.165) is 14.6 Å². The first-order chi connectivity index (χ1) is 11.0. The zero-order valence-electron chi connectivity index (χ0n) is 14.4.